The Hall–Kier alpha value is -1.03. The normalized spacial score (nSPS) is 11.1. The number of hydrogen-bond donors (Lipinski definition) is 1. The van der Waals surface area contributed by atoms with Crippen molar-refractivity contribution < 1.29 is 9.53 Å². The molecule has 0 spiro atoms. The number of halogens is 1. The van der Waals surface area contributed by atoms with Crippen LogP contribution in [0.5, 0.6) is 0 Å². The third-order valence-corrected chi connectivity index (χ3v) is 3.03. The van der Waals surface area contributed by atoms with E-state index in [0.717, 1.165) is 17.3 Å². The summed E-state index contributed by atoms with van der Waals surface area (Å²) in [5.74, 6) is 0. The van der Waals surface area contributed by atoms with Gasteiger partial charge < -0.3 is 10.1 Å². The first-order valence-electron chi connectivity index (χ1n) is 6.07. The maximum Gasteiger partial charge on any atom is 0.407 e. The fourth-order valence-electron chi connectivity index (χ4n) is 1.47. The van der Waals surface area contributed by atoms with Crippen molar-refractivity contribution in [3.8, 4) is 0 Å². The Morgan fingerprint density at radius 1 is 1.33 bits per heavy atom. The van der Waals surface area contributed by atoms with Crippen LogP contribution in [0, 0.1) is 0 Å². The molecule has 0 saturated heterocycles. The average molecular weight is 314 g/mol. The lowest BCUT2D eigenvalue weighted by Crippen LogP contribution is -2.41. The molecule has 3 nitrogen and oxygen atoms in total. The van der Waals surface area contributed by atoms with Gasteiger partial charge in [0.2, 0.25) is 0 Å². The van der Waals surface area contributed by atoms with Gasteiger partial charge >= 0.3 is 6.09 Å². The van der Waals surface area contributed by atoms with E-state index in [0.29, 0.717) is 6.61 Å². The molecule has 0 bridgehead atoms. The fraction of sp³-hybridized carbons (Fsp3) is 0.500. The van der Waals surface area contributed by atoms with Crippen molar-refractivity contribution in [2.75, 3.05) is 6.61 Å². The first-order chi connectivity index (χ1) is 8.38. The van der Waals surface area contributed by atoms with E-state index in [2.05, 4.69) is 27.3 Å². The molecule has 0 atom stereocenters. The van der Waals surface area contributed by atoms with Gasteiger partial charge in [0, 0.05) is 10.0 Å². The summed E-state index contributed by atoms with van der Waals surface area (Å²) in [7, 11) is 0. The monoisotopic (exact) mass is 313 g/mol. The molecule has 0 aliphatic heterocycles. The Morgan fingerprint density at radius 3 is 2.61 bits per heavy atom. The van der Waals surface area contributed by atoms with Crippen LogP contribution in [0.2, 0.25) is 0 Å². The van der Waals surface area contributed by atoms with E-state index in [9.17, 15) is 4.79 Å². The van der Waals surface area contributed by atoms with Crippen molar-refractivity contribution in [3.63, 3.8) is 0 Å². The molecule has 100 valence electrons. The molecule has 0 fully saturated rings. The quantitative estimate of drug-likeness (QED) is 0.856. The molecule has 1 aromatic rings. The second-order valence-electron chi connectivity index (χ2n) is 5.21. The lowest BCUT2D eigenvalue weighted by molar-refractivity contribution is 0.136. The van der Waals surface area contributed by atoms with Crippen molar-refractivity contribution in [1.82, 2.24) is 5.32 Å². The second kappa shape index (κ2) is 6.78. The Kier molecular flexibility index (Phi) is 5.66. The molecule has 1 N–H and O–H groups in total. The van der Waals surface area contributed by atoms with Crippen molar-refractivity contribution in [3.05, 3.63) is 34.3 Å². The number of aryl methyl sites for hydroxylation is 1. The van der Waals surface area contributed by atoms with E-state index in [1.807, 2.05) is 39.0 Å². The molecular weight excluding hydrogens is 294 g/mol. The van der Waals surface area contributed by atoms with Crippen LogP contribution in [0.3, 0.4) is 0 Å². The Labute approximate surface area is 117 Å². The highest BCUT2D eigenvalue weighted by atomic mass is 79.9. The van der Waals surface area contributed by atoms with Crippen LogP contribution in [-0.2, 0) is 11.2 Å². The summed E-state index contributed by atoms with van der Waals surface area (Å²) >= 11 is 3.50. The number of carbonyl (C=O) groups is 1. The van der Waals surface area contributed by atoms with E-state index in [1.165, 1.54) is 5.56 Å². The summed E-state index contributed by atoms with van der Waals surface area (Å²) in [5, 5.41) is 2.76. The highest BCUT2D eigenvalue weighted by Crippen LogP contribution is 2.17. The molecule has 0 aliphatic carbocycles. The third-order valence-electron chi connectivity index (χ3n) is 2.26. The number of ether oxygens (including phenoxy) is 1. The van der Waals surface area contributed by atoms with Gasteiger partial charge in [-0.1, -0.05) is 34.1 Å². The summed E-state index contributed by atoms with van der Waals surface area (Å²) in [5.41, 5.74) is 0.983. The maximum absolute atomic E-state index is 11.4. The van der Waals surface area contributed by atoms with Gasteiger partial charge in [-0.25, -0.2) is 4.79 Å². The van der Waals surface area contributed by atoms with Crippen LogP contribution < -0.4 is 5.32 Å². The molecule has 1 amide bonds. The molecule has 1 aromatic carbocycles. The average Bonchev–Trinajstić information content (AvgIpc) is 2.24. The smallest absolute Gasteiger partial charge is 0.407 e. The predicted molar refractivity (Wildman–Crippen MR) is 76.7 cm³/mol. The van der Waals surface area contributed by atoms with E-state index >= 15 is 0 Å². The standard InChI is InChI=1S/C14H20BrNO2/c1-14(2,3)16-13(17)18-10-6-8-11-7-4-5-9-12(11)15/h4-5,7,9H,6,8,10H2,1-3H3,(H,16,17). The highest BCUT2D eigenvalue weighted by Gasteiger charge is 2.14. The molecule has 18 heavy (non-hydrogen) atoms. The van der Waals surface area contributed by atoms with Gasteiger partial charge in [0.05, 0.1) is 6.61 Å². The Bertz CT molecular complexity index is 399. The minimum absolute atomic E-state index is 0.250. The molecule has 0 saturated carbocycles. The van der Waals surface area contributed by atoms with E-state index < -0.39 is 0 Å². The minimum atomic E-state index is -0.352. The number of benzene rings is 1. The topological polar surface area (TPSA) is 38.3 Å². The first-order valence-corrected chi connectivity index (χ1v) is 6.86. The van der Waals surface area contributed by atoms with Crippen molar-refractivity contribution in [2.45, 2.75) is 39.2 Å². The van der Waals surface area contributed by atoms with Crippen LogP contribution in [0.25, 0.3) is 0 Å². The van der Waals surface area contributed by atoms with Crippen LogP contribution >= 0.6 is 15.9 Å². The van der Waals surface area contributed by atoms with Crippen molar-refractivity contribution in [2.24, 2.45) is 0 Å². The van der Waals surface area contributed by atoms with Crippen LogP contribution in [0.15, 0.2) is 28.7 Å². The summed E-state index contributed by atoms with van der Waals surface area (Å²) in [6, 6.07) is 8.08. The molecule has 0 aromatic heterocycles. The third kappa shape index (κ3) is 6.05. The fourth-order valence-corrected chi connectivity index (χ4v) is 1.95. The minimum Gasteiger partial charge on any atom is -0.450 e. The number of alkyl carbamates (subject to hydrolysis) is 1. The molecular formula is C14H20BrNO2. The number of nitrogens with one attached hydrogen (secondary N) is 1. The van der Waals surface area contributed by atoms with Gasteiger partial charge in [-0.05, 0) is 45.2 Å². The maximum atomic E-state index is 11.4. The van der Waals surface area contributed by atoms with Gasteiger partial charge in [0.25, 0.3) is 0 Å². The molecule has 1 rings (SSSR count). The second-order valence-corrected chi connectivity index (χ2v) is 6.06. The van der Waals surface area contributed by atoms with Gasteiger partial charge in [-0.15, -0.1) is 0 Å². The molecule has 0 radical (unpaired) electrons. The van der Waals surface area contributed by atoms with E-state index in [1.54, 1.807) is 0 Å². The SMILES string of the molecule is CC(C)(C)NC(=O)OCCCc1ccccc1Br. The van der Waals surface area contributed by atoms with Gasteiger partial charge in [-0.3, -0.25) is 0 Å². The first kappa shape index (κ1) is 15.0. The summed E-state index contributed by atoms with van der Waals surface area (Å²) in [6.45, 7) is 6.21. The molecule has 0 aliphatic rings. The van der Waals surface area contributed by atoms with Crippen LogP contribution in [0.1, 0.15) is 32.8 Å². The number of rotatable bonds is 4. The van der Waals surface area contributed by atoms with Crippen molar-refractivity contribution >= 4 is 22.0 Å². The number of hydrogen-bond acceptors (Lipinski definition) is 2. The molecule has 0 unspecified atom stereocenters. The molecule has 0 heterocycles. The van der Waals surface area contributed by atoms with Crippen LogP contribution in [-0.4, -0.2) is 18.2 Å². The predicted octanol–water partition coefficient (Wildman–Crippen LogP) is 3.91. The number of carbonyl (C=O) groups excluding carboxylic acids is 1. The summed E-state index contributed by atoms with van der Waals surface area (Å²) in [6.07, 6.45) is 1.36. The summed E-state index contributed by atoms with van der Waals surface area (Å²) in [4.78, 5) is 11.4. The van der Waals surface area contributed by atoms with E-state index in [-0.39, 0.29) is 11.6 Å². The number of amides is 1. The zero-order chi connectivity index (χ0) is 13.6. The highest BCUT2D eigenvalue weighted by molar-refractivity contribution is 9.10. The zero-order valence-electron chi connectivity index (χ0n) is 11.1. The molecule has 4 heteroatoms. The lowest BCUT2D eigenvalue weighted by atomic mass is 10.1. The largest absolute Gasteiger partial charge is 0.450 e. The summed E-state index contributed by atoms with van der Waals surface area (Å²) < 4.78 is 6.22. The van der Waals surface area contributed by atoms with Gasteiger partial charge in [0.15, 0.2) is 0 Å². The lowest BCUT2D eigenvalue weighted by Gasteiger charge is -2.19. The van der Waals surface area contributed by atoms with Crippen molar-refractivity contribution in [1.29, 1.82) is 0 Å². The zero-order valence-corrected chi connectivity index (χ0v) is 12.7. The van der Waals surface area contributed by atoms with Gasteiger partial charge in [0.1, 0.15) is 0 Å². The van der Waals surface area contributed by atoms with Crippen LogP contribution in [0.4, 0.5) is 4.79 Å². The Balaban J connectivity index is 2.23. The Morgan fingerprint density at radius 2 is 2.00 bits per heavy atom. The van der Waals surface area contributed by atoms with Gasteiger partial charge in [-0.2, -0.15) is 0 Å². The van der Waals surface area contributed by atoms with E-state index in [4.69, 9.17) is 4.74 Å².